The first-order chi connectivity index (χ1) is 9.67. The highest BCUT2D eigenvalue weighted by atomic mass is 15.0. The van der Waals surface area contributed by atoms with Crippen molar-refractivity contribution in [3.8, 4) is 0 Å². The average Bonchev–Trinajstić information content (AvgIpc) is 2.45. The lowest BCUT2D eigenvalue weighted by molar-refractivity contribution is 0.640. The molecule has 0 spiro atoms. The molecule has 0 aromatic heterocycles. The first kappa shape index (κ1) is 16.9. The van der Waals surface area contributed by atoms with E-state index in [1.165, 1.54) is 49.9 Å². The Bertz CT molecular complexity index is 327. The molecule has 1 rings (SSSR count). The van der Waals surface area contributed by atoms with Crippen LogP contribution >= 0.6 is 0 Å². The molecule has 0 saturated heterocycles. The summed E-state index contributed by atoms with van der Waals surface area (Å²) in [5.41, 5.74) is 2.47. The minimum Gasteiger partial charge on any atom is -0.381 e. The predicted octanol–water partition coefficient (Wildman–Crippen LogP) is 5.67. The number of hydrogen-bond acceptors (Lipinski definition) is 2. The van der Waals surface area contributed by atoms with Gasteiger partial charge in [-0.2, -0.15) is 0 Å². The Kier molecular flexibility index (Phi) is 8.17. The van der Waals surface area contributed by atoms with Gasteiger partial charge in [0.05, 0.1) is 11.4 Å². The Balaban J connectivity index is 2.58. The van der Waals surface area contributed by atoms with E-state index in [1.54, 1.807) is 0 Å². The standard InChI is InChI=1S/C18H32N2/c1-5-7-11-15(3)19-17-13-9-10-14-18(17)20-16(4)12-8-6-2/h9-10,13-16,19-20H,5-8,11-12H2,1-4H3. The fraction of sp³-hybridized carbons (Fsp3) is 0.667. The van der Waals surface area contributed by atoms with Gasteiger partial charge >= 0.3 is 0 Å². The first-order valence-corrected chi connectivity index (χ1v) is 8.29. The summed E-state index contributed by atoms with van der Waals surface area (Å²) in [6.07, 6.45) is 7.57. The van der Waals surface area contributed by atoms with E-state index in [1.807, 2.05) is 0 Å². The summed E-state index contributed by atoms with van der Waals surface area (Å²) in [5.74, 6) is 0. The van der Waals surface area contributed by atoms with Crippen LogP contribution in [0.1, 0.15) is 66.2 Å². The van der Waals surface area contributed by atoms with Gasteiger partial charge in [0.15, 0.2) is 0 Å². The molecule has 0 saturated carbocycles. The maximum Gasteiger partial charge on any atom is 0.0578 e. The number of anilines is 2. The summed E-state index contributed by atoms with van der Waals surface area (Å²) < 4.78 is 0. The van der Waals surface area contributed by atoms with Crippen molar-refractivity contribution in [1.29, 1.82) is 0 Å². The quantitative estimate of drug-likeness (QED) is 0.575. The average molecular weight is 276 g/mol. The zero-order valence-corrected chi connectivity index (χ0v) is 13.7. The third-order valence-corrected chi connectivity index (χ3v) is 3.71. The van der Waals surface area contributed by atoms with Crippen molar-refractivity contribution in [3.63, 3.8) is 0 Å². The molecule has 114 valence electrons. The Morgan fingerprint density at radius 1 is 0.800 bits per heavy atom. The van der Waals surface area contributed by atoms with Crippen molar-refractivity contribution < 1.29 is 0 Å². The van der Waals surface area contributed by atoms with Crippen LogP contribution in [0.15, 0.2) is 24.3 Å². The molecule has 0 heterocycles. The predicted molar refractivity (Wildman–Crippen MR) is 91.7 cm³/mol. The van der Waals surface area contributed by atoms with Crippen molar-refractivity contribution in [3.05, 3.63) is 24.3 Å². The minimum atomic E-state index is 0.531. The second-order valence-corrected chi connectivity index (χ2v) is 5.92. The number of para-hydroxylation sites is 2. The van der Waals surface area contributed by atoms with Gasteiger partial charge < -0.3 is 10.6 Å². The zero-order valence-electron chi connectivity index (χ0n) is 13.7. The smallest absolute Gasteiger partial charge is 0.0578 e. The summed E-state index contributed by atoms with van der Waals surface area (Å²) in [5, 5.41) is 7.29. The molecule has 0 amide bonds. The van der Waals surface area contributed by atoms with Gasteiger partial charge in [0.1, 0.15) is 0 Å². The van der Waals surface area contributed by atoms with Crippen LogP contribution < -0.4 is 10.6 Å². The Morgan fingerprint density at radius 3 is 1.55 bits per heavy atom. The van der Waals surface area contributed by atoms with E-state index in [4.69, 9.17) is 0 Å². The maximum absolute atomic E-state index is 3.64. The number of hydrogen-bond donors (Lipinski definition) is 2. The molecule has 2 atom stereocenters. The molecule has 20 heavy (non-hydrogen) atoms. The van der Waals surface area contributed by atoms with Crippen LogP contribution in [0.3, 0.4) is 0 Å². The Hall–Kier alpha value is -1.18. The van der Waals surface area contributed by atoms with E-state index in [0.29, 0.717) is 12.1 Å². The van der Waals surface area contributed by atoms with E-state index < -0.39 is 0 Å². The molecule has 1 aromatic rings. The van der Waals surface area contributed by atoms with E-state index in [-0.39, 0.29) is 0 Å². The number of unbranched alkanes of at least 4 members (excludes halogenated alkanes) is 2. The van der Waals surface area contributed by atoms with Crippen LogP contribution in [-0.4, -0.2) is 12.1 Å². The fourth-order valence-corrected chi connectivity index (χ4v) is 2.43. The van der Waals surface area contributed by atoms with Gasteiger partial charge in [-0.15, -0.1) is 0 Å². The molecule has 0 aliphatic carbocycles. The summed E-state index contributed by atoms with van der Waals surface area (Å²) >= 11 is 0. The van der Waals surface area contributed by atoms with Crippen molar-refractivity contribution in [2.75, 3.05) is 10.6 Å². The van der Waals surface area contributed by atoms with Gasteiger partial charge in [-0.25, -0.2) is 0 Å². The molecule has 1 aromatic carbocycles. The van der Waals surface area contributed by atoms with Crippen LogP contribution in [0.4, 0.5) is 11.4 Å². The Labute approximate surface area is 125 Å². The Morgan fingerprint density at radius 2 is 1.20 bits per heavy atom. The van der Waals surface area contributed by atoms with Gasteiger partial charge in [-0.1, -0.05) is 51.7 Å². The van der Waals surface area contributed by atoms with E-state index >= 15 is 0 Å². The molecular formula is C18H32N2. The number of benzene rings is 1. The van der Waals surface area contributed by atoms with Gasteiger partial charge in [0.25, 0.3) is 0 Å². The molecule has 2 heteroatoms. The van der Waals surface area contributed by atoms with E-state index in [2.05, 4.69) is 62.6 Å². The van der Waals surface area contributed by atoms with Crippen LogP contribution in [0, 0.1) is 0 Å². The lowest BCUT2D eigenvalue weighted by Gasteiger charge is -2.21. The number of rotatable bonds is 10. The second-order valence-electron chi connectivity index (χ2n) is 5.92. The monoisotopic (exact) mass is 276 g/mol. The van der Waals surface area contributed by atoms with Gasteiger partial charge in [0, 0.05) is 12.1 Å². The molecule has 0 aliphatic rings. The van der Waals surface area contributed by atoms with Crippen LogP contribution in [0.25, 0.3) is 0 Å². The normalized spacial score (nSPS) is 13.8. The van der Waals surface area contributed by atoms with Crippen molar-refractivity contribution in [1.82, 2.24) is 0 Å². The van der Waals surface area contributed by atoms with Crippen molar-refractivity contribution in [2.24, 2.45) is 0 Å². The van der Waals surface area contributed by atoms with Crippen molar-refractivity contribution >= 4 is 11.4 Å². The van der Waals surface area contributed by atoms with Crippen LogP contribution in [0.2, 0.25) is 0 Å². The molecule has 0 aliphatic heterocycles. The maximum atomic E-state index is 3.64. The lowest BCUT2D eigenvalue weighted by Crippen LogP contribution is -2.19. The summed E-state index contributed by atoms with van der Waals surface area (Å²) in [7, 11) is 0. The first-order valence-electron chi connectivity index (χ1n) is 8.29. The van der Waals surface area contributed by atoms with Crippen molar-refractivity contribution in [2.45, 2.75) is 78.3 Å². The zero-order chi connectivity index (χ0) is 14.8. The summed E-state index contributed by atoms with van der Waals surface area (Å²) in [6.45, 7) is 9.04. The molecule has 2 nitrogen and oxygen atoms in total. The fourth-order valence-electron chi connectivity index (χ4n) is 2.43. The van der Waals surface area contributed by atoms with E-state index in [0.717, 1.165) is 0 Å². The number of nitrogens with one attached hydrogen (secondary N) is 2. The molecule has 0 fully saturated rings. The van der Waals surface area contributed by atoms with Gasteiger partial charge in [0.2, 0.25) is 0 Å². The third kappa shape index (κ3) is 6.31. The summed E-state index contributed by atoms with van der Waals surface area (Å²) in [4.78, 5) is 0. The van der Waals surface area contributed by atoms with Gasteiger partial charge in [-0.05, 0) is 38.8 Å². The molecule has 2 unspecified atom stereocenters. The van der Waals surface area contributed by atoms with E-state index in [9.17, 15) is 0 Å². The highest BCUT2D eigenvalue weighted by Crippen LogP contribution is 2.24. The SMILES string of the molecule is CCCCC(C)Nc1ccccc1NC(C)CCCC. The molecule has 0 radical (unpaired) electrons. The highest BCUT2D eigenvalue weighted by molar-refractivity contribution is 5.69. The second kappa shape index (κ2) is 9.68. The molecule has 2 N–H and O–H groups in total. The summed E-state index contributed by atoms with van der Waals surface area (Å²) in [6, 6.07) is 9.63. The van der Waals surface area contributed by atoms with Crippen LogP contribution in [-0.2, 0) is 0 Å². The minimum absolute atomic E-state index is 0.531. The molecule has 0 bridgehead atoms. The topological polar surface area (TPSA) is 24.1 Å². The van der Waals surface area contributed by atoms with Gasteiger partial charge in [-0.3, -0.25) is 0 Å². The third-order valence-electron chi connectivity index (χ3n) is 3.71. The largest absolute Gasteiger partial charge is 0.381 e. The molecular weight excluding hydrogens is 244 g/mol. The van der Waals surface area contributed by atoms with Crippen LogP contribution in [0.5, 0.6) is 0 Å². The lowest BCUT2D eigenvalue weighted by atomic mass is 10.1. The highest BCUT2D eigenvalue weighted by Gasteiger charge is 2.08.